The Balaban J connectivity index is 1.38. The number of hydrogen-bond acceptors (Lipinski definition) is 6. The van der Waals surface area contributed by atoms with Crippen LogP contribution in [0.3, 0.4) is 0 Å². The summed E-state index contributed by atoms with van der Waals surface area (Å²) >= 11 is 6.15. The fraction of sp³-hybridized carbons (Fsp3) is 0.318. The Morgan fingerprint density at radius 1 is 1.22 bits per heavy atom. The molecule has 1 aromatic heterocycles. The van der Waals surface area contributed by atoms with Gasteiger partial charge in [0.1, 0.15) is 0 Å². The van der Waals surface area contributed by atoms with Gasteiger partial charge in [-0.15, -0.1) is 0 Å². The van der Waals surface area contributed by atoms with Gasteiger partial charge in [0.15, 0.2) is 0 Å². The highest BCUT2D eigenvalue weighted by Gasteiger charge is 2.33. The summed E-state index contributed by atoms with van der Waals surface area (Å²) in [5.74, 6) is -0.109. The molecule has 1 amide bonds. The number of halogens is 1. The Morgan fingerprint density at radius 3 is 2.72 bits per heavy atom. The van der Waals surface area contributed by atoms with Crippen LogP contribution >= 0.6 is 11.6 Å². The first kappa shape index (κ1) is 22.4. The molecule has 0 saturated carbocycles. The number of aryl methyl sites for hydroxylation is 1. The van der Waals surface area contributed by atoms with Crippen LogP contribution in [0.15, 0.2) is 57.9 Å². The largest absolute Gasteiger partial charge is 0.347 e. The minimum atomic E-state index is -3.64. The molecule has 1 fully saturated rings. The monoisotopic (exact) mass is 474 g/mol. The number of benzene rings is 2. The smallest absolute Gasteiger partial charge is 0.246 e. The van der Waals surface area contributed by atoms with Crippen LogP contribution < -0.4 is 5.32 Å². The number of piperidine rings is 1. The topological polar surface area (TPSA) is 105 Å². The number of carbonyl (C=O) groups excluding carboxylic acids is 1. The van der Waals surface area contributed by atoms with Crippen molar-refractivity contribution in [1.29, 1.82) is 0 Å². The van der Waals surface area contributed by atoms with E-state index in [1.165, 1.54) is 4.31 Å². The van der Waals surface area contributed by atoms with E-state index in [1.807, 2.05) is 13.0 Å². The van der Waals surface area contributed by atoms with Crippen molar-refractivity contribution in [3.63, 3.8) is 0 Å². The SMILES string of the molecule is Cc1ccc(S(=O)(=O)N2CCC[C@@H](C(=O)NCc3nc(-c4ccccc4Cl)no3)C2)cc1. The van der Waals surface area contributed by atoms with E-state index in [9.17, 15) is 13.2 Å². The lowest BCUT2D eigenvalue weighted by molar-refractivity contribution is -0.126. The predicted octanol–water partition coefficient (Wildman–Crippen LogP) is 3.42. The molecule has 32 heavy (non-hydrogen) atoms. The molecule has 168 valence electrons. The summed E-state index contributed by atoms with van der Waals surface area (Å²) in [5.41, 5.74) is 1.62. The van der Waals surface area contributed by atoms with Crippen molar-refractivity contribution in [2.24, 2.45) is 5.92 Å². The molecule has 1 saturated heterocycles. The van der Waals surface area contributed by atoms with E-state index >= 15 is 0 Å². The van der Waals surface area contributed by atoms with Gasteiger partial charge in [0.05, 0.1) is 22.4 Å². The van der Waals surface area contributed by atoms with Gasteiger partial charge >= 0.3 is 0 Å². The van der Waals surface area contributed by atoms with Crippen molar-refractivity contribution < 1.29 is 17.7 Å². The second kappa shape index (κ2) is 9.40. The Bertz CT molecular complexity index is 1210. The molecular weight excluding hydrogens is 452 g/mol. The van der Waals surface area contributed by atoms with Crippen LogP contribution in [0.1, 0.15) is 24.3 Å². The number of amides is 1. The molecule has 0 radical (unpaired) electrons. The number of nitrogens with one attached hydrogen (secondary N) is 1. The third-order valence-corrected chi connectivity index (χ3v) is 7.62. The first-order valence-electron chi connectivity index (χ1n) is 10.3. The van der Waals surface area contributed by atoms with Crippen LogP contribution in [-0.4, -0.2) is 41.9 Å². The summed E-state index contributed by atoms with van der Waals surface area (Å²) in [6.45, 7) is 2.48. The average Bonchev–Trinajstić information content (AvgIpc) is 3.27. The second-order valence-corrected chi connectivity index (χ2v) is 10.1. The molecule has 10 heteroatoms. The van der Waals surface area contributed by atoms with Gasteiger partial charge in [-0.2, -0.15) is 9.29 Å². The quantitative estimate of drug-likeness (QED) is 0.586. The lowest BCUT2D eigenvalue weighted by Gasteiger charge is -2.31. The number of carbonyl (C=O) groups is 1. The number of rotatable bonds is 6. The Hall–Kier alpha value is -2.75. The molecule has 1 aliphatic heterocycles. The highest BCUT2D eigenvalue weighted by molar-refractivity contribution is 7.89. The van der Waals surface area contributed by atoms with Gasteiger partial charge in [-0.1, -0.05) is 46.6 Å². The second-order valence-electron chi connectivity index (χ2n) is 7.72. The summed E-state index contributed by atoms with van der Waals surface area (Å²) < 4.78 is 32.5. The third-order valence-electron chi connectivity index (χ3n) is 5.41. The van der Waals surface area contributed by atoms with Crippen LogP contribution in [0.2, 0.25) is 5.02 Å². The van der Waals surface area contributed by atoms with Crippen LogP contribution in [-0.2, 0) is 21.4 Å². The molecule has 1 atom stereocenters. The zero-order valence-electron chi connectivity index (χ0n) is 17.5. The molecule has 0 unspecified atom stereocenters. The maximum absolute atomic E-state index is 13.0. The first-order valence-corrected chi connectivity index (χ1v) is 12.1. The molecule has 1 N–H and O–H groups in total. The van der Waals surface area contributed by atoms with Gasteiger partial charge in [-0.3, -0.25) is 4.79 Å². The number of hydrogen-bond donors (Lipinski definition) is 1. The van der Waals surface area contributed by atoms with E-state index in [0.717, 1.165) is 5.56 Å². The van der Waals surface area contributed by atoms with Gasteiger partial charge in [-0.25, -0.2) is 8.42 Å². The number of sulfonamides is 1. The summed E-state index contributed by atoms with van der Waals surface area (Å²) in [4.78, 5) is 17.2. The molecule has 2 heterocycles. The highest BCUT2D eigenvalue weighted by atomic mass is 35.5. The van der Waals surface area contributed by atoms with Gasteiger partial charge < -0.3 is 9.84 Å². The van der Waals surface area contributed by atoms with Crippen LogP contribution in [0, 0.1) is 12.8 Å². The molecule has 0 aliphatic carbocycles. The normalized spacial score (nSPS) is 17.2. The average molecular weight is 475 g/mol. The minimum absolute atomic E-state index is 0.0531. The van der Waals surface area contributed by atoms with Gasteiger partial charge in [0.2, 0.25) is 27.6 Å². The molecular formula is C22H23ClN4O4S. The number of nitrogens with zero attached hydrogens (tertiary/aromatic N) is 3. The fourth-order valence-corrected chi connectivity index (χ4v) is 5.36. The van der Waals surface area contributed by atoms with Crippen LogP contribution in [0.4, 0.5) is 0 Å². The van der Waals surface area contributed by atoms with Gasteiger partial charge in [0.25, 0.3) is 0 Å². The Labute approximate surface area is 191 Å². The lowest BCUT2D eigenvalue weighted by Crippen LogP contribution is -2.45. The minimum Gasteiger partial charge on any atom is -0.347 e. The van der Waals surface area contributed by atoms with E-state index in [0.29, 0.717) is 35.8 Å². The zero-order chi connectivity index (χ0) is 22.7. The van der Waals surface area contributed by atoms with E-state index in [-0.39, 0.29) is 29.8 Å². The molecule has 0 bridgehead atoms. The summed E-state index contributed by atoms with van der Waals surface area (Å²) in [5, 5.41) is 7.19. The van der Waals surface area contributed by atoms with Gasteiger partial charge in [0, 0.05) is 18.7 Å². The summed E-state index contributed by atoms with van der Waals surface area (Å²) in [7, 11) is -3.64. The standard InChI is InChI=1S/C22H23ClN4O4S/c1-15-8-10-17(11-9-15)32(29,30)27-12-4-5-16(14-27)22(28)24-13-20-25-21(26-31-20)18-6-2-3-7-19(18)23/h2-3,6-11,16H,4-5,12-14H2,1H3,(H,24,28)/t16-/m1/s1. The van der Waals surface area contributed by atoms with E-state index < -0.39 is 15.9 Å². The summed E-state index contributed by atoms with van der Waals surface area (Å²) in [6, 6.07) is 13.9. The van der Waals surface area contributed by atoms with E-state index in [4.69, 9.17) is 16.1 Å². The molecule has 8 nitrogen and oxygen atoms in total. The number of aromatic nitrogens is 2. The van der Waals surface area contributed by atoms with Crippen LogP contribution in [0.5, 0.6) is 0 Å². The molecule has 0 spiro atoms. The lowest BCUT2D eigenvalue weighted by atomic mass is 9.99. The molecule has 3 aromatic rings. The Morgan fingerprint density at radius 2 is 1.97 bits per heavy atom. The van der Waals surface area contributed by atoms with E-state index in [2.05, 4.69) is 15.5 Å². The molecule has 1 aliphatic rings. The van der Waals surface area contributed by atoms with Gasteiger partial charge in [-0.05, 0) is 44.0 Å². The highest BCUT2D eigenvalue weighted by Crippen LogP contribution is 2.26. The molecule has 2 aromatic carbocycles. The van der Waals surface area contributed by atoms with Crippen molar-refractivity contribution in [2.45, 2.75) is 31.2 Å². The maximum Gasteiger partial charge on any atom is 0.246 e. The van der Waals surface area contributed by atoms with Crippen molar-refractivity contribution in [1.82, 2.24) is 19.8 Å². The van der Waals surface area contributed by atoms with Crippen molar-refractivity contribution >= 4 is 27.5 Å². The third kappa shape index (κ3) is 4.85. The maximum atomic E-state index is 13.0. The zero-order valence-corrected chi connectivity index (χ0v) is 19.1. The van der Waals surface area contributed by atoms with Crippen molar-refractivity contribution in [3.05, 3.63) is 65.0 Å². The molecule has 4 rings (SSSR count). The van der Waals surface area contributed by atoms with Crippen molar-refractivity contribution in [3.8, 4) is 11.4 Å². The predicted molar refractivity (Wildman–Crippen MR) is 119 cm³/mol. The first-order chi connectivity index (χ1) is 15.3. The van der Waals surface area contributed by atoms with Crippen molar-refractivity contribution in [2.75, 3.05) is 13.1 Å². The van der Waals surface area contributed by atoms with Crippen LogP contribution in [0.25, 0.3) is 11.4 Å². The Kier molecular flexibility index (Phi) is 6.59. The fourth-order valence-electron chi connectivity index (χ4n) is 3.62. The summed E-state index contributed by atoms with van der Waals surface area (Å²) in [6.07, 6.45) is 1.22. The van der Waals surface area contributed by atoms with E-state index in [1.54, 1.807) is 42.5 Å².